The zero-order chi connectivity index (χ0) is 16.0. The number of anilines is 2. The van der Waals surface area contributed by atoms with Crippen molar-refractivity contribution in [3.05, 3.63) is 16.4 Å². The maximum Gasteiger partial charge on any atom is 0.353 e. The fourth-order valence-electron chi connectivity index (χ4n) is 1.46. The number of nitro groups is 1. The minimum absolute atomic E-state index is 0.00390. The monoisotopic (exact) mass is 318 g/mol. The molecule has 0 bridgehead atoms. The van der Waals surface area contributed by atoms with Gasteiger partial charge in [0, 0.05) is 27.2 Å². The van der Waals surface area contributed by atoms with E-state index in [0.717, 1.165) is 4.31 Å². The van der Waals surface area contributed by atoms with Gasteiger partial charge in [0.1, 0.15) is 6.33 Å². The first-order chi connectivity index (χ1) is 9.79. The summed E-state index contributed by atoms with van der Waals surface area (Å²) in [7, 11) is -0.535. The Hall–Kier alpha value is -2.01. The van der Waals surface area contributed by atoms with Crippen LogP contribution in [0.2, 0.25) is 0 Å². The van der Waals surface area contributed by atoms with Crippen LogP contribution in [-0.4, -0.2) is 60.6 Å². The van der Waals surface area contributed by atoms with Crippen molar-refractivity contribution >= 4 is 27.3 Å². The normalized spacial score (nSPS) is 11.4. The van der Waals surface area contributed by atoms with E-state index in [1.54, 1.807) is 6.92 Å². The van der Waals surface area contributed by atoms with Crippen LogP contribution in [0.15, 0.2) is 6.33 Å². The van der Waals surface area contributed by atoms with Gasteiger partial charge in [0.25, 0.3) is 0 Å². The van der Waals surface area contributed by atoms with Crippen LogP contribution in [0.3, 0.4) is 0 Å². The molecule has 0 aliphatic rings. The van der Waals surface area contributed by atoms with Crippen LogP contribution in [0.5, 0.6) is 0 Å². The molecular formula is C10H18N6O4S. The number of aromatic nitrogens is 2. The molecule has 1 rings (SSSR count). The summed E-state index contributed by atoms with van der Waals surface area (Å²) in [6, 6.07) is 0. The summed E-state index contributed by atoms with van der Waals surface area (Å²) >= 11 is 0. The summed E-state index contributed by atoms with van der Waals surface area (Å²) in [6.07, 6.45) is 1.17. The SMILES string of the molecule is CCNc1ncnc(NCCS(=O)(=O)N(C)C)c1[N+](=O)[O-]. The average Bonchev–Trinajstić information content (AvgIpc) is 2.38. The van der Waals surface area contributed by atoms with Crippen molar-refractivity contribution in [2.45, 2.75) is 6.92 Å². The molecule has 0 radical (unpaired) electrons. The van der Waals surface area contributed by atoms with E-state index in [0.29, 0.717) is 6.54 Å². The smallest absolute Gasteiger partial charge is 0.353 e. The van der Waals surface area contributed by atoms with Crippen LogP contribution < -0.4 is 10.6 Å². The number of sulfonamides is 1. The number of nitrogens with zero attached hydrogens (tertiary/aromatic N) is 4. The quantitative estimate of drug-likeness (QED) is 0.510. The first kappa shape index (κ1) is 17.0. The maximum atomic E-state index is 11.6. The minimum atomic E-state index is -3.38. The van der Waals surface area contributed by atoms with Crippen molar-refractivity contribution in [1.29, 1.82) is 0 Å². The van der Waals surface area contributed by atoms with Crippen molar-refractivity contribution in [3.63, 3.8) is 0 Å². The zero-order valence-electron chi connectivity index (χ0n) is 12.0. The molecular weight excluding hydrogens is 300 g/mol. The Labute approximate surface area is 122 Å². The van der Waals surface area contributed by atoms with E-state index in [4.69, 9.17) is 0 Å². The summed E-state index contributed by atoms with van der Waals surface area (Å²) in [6.45, 7) is 2.25. The van der Waals surface area contributed by atoms with Crippen LogP contribution >= 0.6 is 0 Å². The number of hydrogen-bond donors (Lipinski definition) is 2. The van der Waals surface area contributed by atoms with Gasteiger partial charge in [0.2, 0.25) is 21.7 Å². The van der Waals surface area contributed by atoms with Crippen molar-refractivity contribution in [1.82, 2.24) is 14.3 Å². The Morgan fingerprint density at radius 2 is 1.86 bits per heavy atom. The minimum Gasteiger partial charge on any atom is -0.364 e. The van der Waals surface area contributed by atoms with E-state index in [1.807, 2.05) is 0 Å². The highest BCUT2D eigenvalue weighted by atomic mass is 32.2. The van der Waals surface area contributed by atoms with E-state index in [-0.39, 0.29) is 29.6 Å². The molecule has 0 atom stereocenters. The van der Waals surface area contributed by atoms with Crippen LogP contribution in [0, 0.1) is 10.1 Å². The van der Waals surface area contributed by atoms with E-state index in [9.17, 15) is 18.5 Å². The molecule has 11 heteroatoms. The van der Waals surface area contributed by atoms with Gasteiger partial charge in [-0.3, -0.25) is 10.1 Å². The van der Waals surface area contributed by atoms with E-state index >= 15 is 0 Å². The van der Waals surface area contributed by atoms with Gasteiger partial charge in [-0.1, -0.05) is 0 Å². The summed E-state index contributed by atoms with van der Waals surface area (Å²) in [4.78, 5) is 18.1. The second kappa shape index (κ2) is 7.13. The van der Waals surface area contributed by atoms with Gasteiger partial charge in [-0.15, -0.1) is 0 Å². The molecule has 0 saturated heterocycles. The largest absolute Gasteiger partial charge is 0.364 e. The number of rotatable bonds is 8. The Morgan fingerprint density at radius 1 is 1.29 bits per heavy atom. The summed E-state index contributed by atoms with van der Waals surface area (Å²) in [5, 5.41) is 16.5. The zero-order valence-corrected chi connectivity index (χ0v) is 12.8. The third-order valence-electron chi connectivity index (χ3n) is 2.56. The molecule has 1 aromatic heterocycles. The third-order valence-corrected chi connectivity index (χ3v) is 4.39. The average molecular weight is 318 g/mol. The van der Waals surface area contributed by atoms with Gasteiger partial charge in [-0.05, 0) is 6.92 Å². The second-order valence-electron chi connectivity index (χ2n) is 4.23. The molecule has 118 valence electrons. The van der Waals surface area contributed by atoms with Gasteiger partial charge in [0.05, 0.1) is 10.7 Å². The van der Waals surface area contributed by atoms with Gasteiger partial charge in [0.15, 0.2) is 0 Å². The standard InChI is InChI=1S/C10H18N6O4S/c1-4-11-9-8(16(17)18)10(14-7-13-9)12-5-6-21(19,20)15(2)3/h7H,4-6H2,1-3H3,(H2,11,12,13,14). The summed E-state index contributed by atoms with van der Waals surface area (Å²) < 4.78 is 24.3. The van der Waals surface area contributed by atoms with Gasteiger partial charge in [-0.25, -0.2) is 22.7 Å². The lowest BCUT2D eigenvalue weighted by Crippen LogP contribution is -2.28. The van der Waals surface area contributed by atoms with Crippen molar-refractivity contribution in [3.8, 4) is 0 Å². The molecule has 0 spiro atoms. The fraction of sp³-hybridized carbons (Fsp3) is 0.600. The van der Waals surface area contributed by atoms with E-state index in [1.165, 1.54) is 20.4 Å². The van der Waals surface area contributed by atoms with Crippen LogP contribution in [0.1, 0.15) is 6.92 Å². The van der Waals surface area contributed by atoms with Gasteiger partial charge >= 0.3 is 5.69 Å². The van der Waals surface area contributed by atoms with Crippen LogP contribution in [-0.2, 0) is 10.0 Å². The highest BCUT2D eigenvalue weighted by Gasteiger charge is 2.23. The maximum absolute atomic E-state index is 11.6. The highest BCUT2D eigenvalue weighted by molar-refractivity contribution is 7.89. The van der Waals surface area contributed by atoms with E-state index < -0.39 is 14.9 Å². The first-order valence-electron chi connectivity index (χ1n) is 6.17. The molecule has 0 amide bonds. The van der Waals surface area contributed by atoms with Gasteiger partial charge in [-0.2, -0.15) is 0 Å². The molecule has 1 heterocycles. The summed E-state index contributed by atoms with van der Waals surface area (Å²) in [5.41, 5.74) is -0.304. The lowest BCUT2D eigenvalue weighted by molar-refractivity contribution is -0.383. The highest BCUT2D eigenvalue weighted by Crippen LogP contribution is 2.28. The predicted octanol–water partition coefficient (Wildman–Crippen LogP) is 0.120. The Morgan fingerprint density at radius 3 is 2.33 bits per heavy atom. The molecule has 21 heavy (non-hydrogen) atoms. The second-order valence-corrected chi connectivity index (χ2v) is 6.53. The Bertz CT molecular complexity index is 604. The molecule has 2 N–H and O–H groups in total. The third kappa shape index (κ3) is 4.49. The molecule has 0 saturated carbocycles. The molecule has 0 fully saturated rings. The van der Waals surface area contributed by atoms with Crippen molar-refractivity contribution in [2.24, 2.45) is 0 Å². The molecule has 0 aliphatic heterocycles. The summed E-state index contributed by atoms with van der Waals surface area (Å²) in [5.74, 6) is -0.118. The van der Waals surface area contributed by atoms with Crippen molar-refractivity contribution < 1.29 is 13.3 Å². The lowest BCUT2D eigenvalue weighted by atomic mass is 10.4. The van der Waals surface area contributed by atoms with Crippen LogP contribution in [0.4, 0.5) is 17.3 Å². The molecule has 0 aliphatic carbocycles. The van der Waals surface area contributed by atoms with Crippen LogP contribution in [0.25, 0.3) is 0 Å². The molecule has 10 nitrogen and oxygen atoms in total. The first-order valence-corrected chi connectivity index (χ1v) is 7.77. The molecule has 1 aromatic rings. The van der Waals surface area contributed by atoms with Crippen molar-refractivity contribution in [2.75, 3.05) is 43.6 Å². The van der Waals surface area contributed by atoms with Gasteiger partial charge < -0.3 is 10.6 Å². The molecule has 0 aromatic carbocycles. The Kier molecular flexibility index (Phi) is 5.79. The topological polar surface area (TPSA) is 130 Å². The van der Waals surface area contributed by atoms with E-state index in [2.05, 4.69) is 20.6 Å². The predicted molar refractivity (Wildman–Crippen MR) is 78.8 cm³/mol. The lowest BCUT2D eigenvalue weighted by Gasteiger charge is -2.12. The molecule has 0 unspecified atom stereocenters. The number of nitrogens with one attached hydrogen (secondary N) is 2. The Balaban J connectivity index is 2.89. The number of hydrogen-bond acceptors (Lipinski definition) is 8. The fourth-order valence-corrected chi connectivity index (χ4v) is 2.18.